The van der Waals surface area contributed by atoms with Crippen molar-refractivity contribution in [2.24, 2.45) is 0 Å². The van der Waals surface area contributed by atoms with Crippen LogP contribution in [0.5, 0.6) is 0 Å². The lowest BCUT2D eigenvalue weighted by Gasteiger charge is -2.32. The van der Waals surface area contributed by atoms with Crippen molar-refractivity contribution in [1.82, 2.24) is 0 Å². The predicted molar refractivity (Wildman–Crippen MR) is 300 cm³/mol. The summed E-state index contributed by atoms with van der Waals surface area (Å²) < 4.78 is 14.0. The van der Waals surface area contributed by atoms with Gasteiger partial charge in [-0.15, -0.1) is 0 Å². The van der Waals surface area contributed by atoms with E-state index in [-0.39, 0.29) is 26.9 Å². The van der Waals surface area contributed by atoms with Crippen molar-refractivity contribution in [3.05, 3.63) is 254 Å². The Labute approximate surface area is 445 Å². The van der Waals surface area contributed by atoms with Crippen LogP contribution in [-0.4, -0.2) is 33.1 Å². The predicted octanol–water partition coefficient (Wildman–Crippen LogP) is 15.2. The number of nitro groups is 3. The molecule has 9 aromatic rings. The standard InChI is InChI=1S/C30H20N2O4.C18H12Br2.C12H16BNO4/c33-31(34)29-11-5-3-9-25(29)23-13-14-24(26-10-4-6-12-30(26)32(35)36)28-18-22-16-20-8-2-1-7-19(20)15-21(22)17-27(23)28;19-17-5-6-18(20)16-10-14-8-12-4-2-1-3-11(12)7-13(14)9-15(16)17;1-11(2)12(3,4)18-13(17-11)9-7-5-6-8-10(9)14(15)16/h1-14,17-18H,15-16H2;1-6,9-10H,7-8H2;5-8H,1-4H3. The van der Waals surface area contributed by atoms with Crippen molar-refractivity contribution in [1.29, 1.82) is 0 Å². The highest BCUT2D eigenvalue weighted by Gasteiger charge is 2.53. The van der Waals surface area contributed by atoms with Gasteiger partial charge in [0.1, 0.15) is 0 Å². The lowest BCUT2D eigenvalue weighted by molar-refractivity contribution is -0.384. The van der Waals surface area contributed by atoms with Gasteiger partial charge >= 0.3 is 7.12 Å². The highest BCUT2D eigenvalue weighted by molar-refractivity contribution is 9.11. The minimum Gasteiger partial charge on any atom is -0.399 e. The van der Waals surface area contributed by atoms with Crippen LogP contribution in [0.1, 0.15) is 72.2 Å². The summed E-state index contributed by atoms with van der Waals surface area (Å²) >= 11 is 7.34. The van der Waals surface area contributed by atoms with E-state index in [0.717, 1.165) is 56.5 Å². The zero-order valence-corrected chi connectivity index (χ0v) is 44.1. The van der Waals surface area contributed by atoms with E-state index in [9.17, 15) is 30.3 Å². The lowest BCUT2D eigenvalue weighted by atomic mass is 9.78. The molecule has 1 aliphatic heterocycles. The van der Waals surface area contributed by atoms with Crippen LogP contribution in [0, 0.1) is 30.3 Å². The fourth-order valence-electron chi connectivity index (χ4n) is 10.2. The molecule has 0 amide bonds. The first kappa shape index (κ1) is 50.2. The van der Waals surface area contributed by atoms with Crippen LogP contribution in [-0.2, 0) is 35.0 Å². The number of hydrogen-bond donors (Lipinski definition) is 0. The van der Waals surface area contributed by atoms with Gasteiger partial charge in [-0.25, -0.2) is 0 Å². The fourth-order valence-corrected chi connectivity index (χ4v) is 11.1. The second-order valence-corrected chi connectivity index (χ2v) is 21.4. The van der Waals surface area contributed by atoms with Crippen LogP contribution in [0.2, 0.25) is 0 Å². The summed E-state index contributed by atoms with van der Waals surface area (Å²) in [5, 5.41) is 38.9. The van der Waals surface area contributed by atoms with Crippen LogP contribution in [0.15, 0.2) is 179 Å². The average molecular weight is 1110 g/mol. The number of rotatable bonds is 6. The fraction of sp³-hybridized carbons (Fsp3) is 0.167. The second-order valence-electron chi connectivity index (χ2n) is 19.7. The van der Waals surface area contributed by atoms with Crippen molar-refractivity contribution >= 4 is 83.0 Å². The number of para-hydroxylation sites is 3. The first-order valence-corrected chi connectivity index (χ1v) is 25.7. The summed E-state index contributed by atoms with van der Waals surface area (Å²) in [6, 6.07) is 53.9. The monoisotopic (exact) mass is 1110 g/mol. The van der Waals surface area contributed by atoms with Crippen molar-refractivity contribution in [2.75, 3.05) is 0 Å². The quantitative estimate of drug-likeness (QED) is 0.0908. The lowest BCUT2D eigenvalue weighted by Crippen LogP contribution is -2.41. The molecule has 12 rings (SSSR count). The van der Waals surface area contributed by atoms with Crippen LogP contribution >= 0.6 is 31.9 Å². The maximum atomic E-state index is 11.8. The van der Waals surface area contributed by atoms with Crippen LogP contribution < -0.4 is 5.46 Å². The molecule has 2 aliphatic carbocycles. The van der Waals surface area contributed by atoms with Crippen LogP contribution in [0.25, 0.3) is 43.8 Å². The Bertz CT molecular complexity index is 3540. The summed E-state index contributed by atoms with van der Waals surface area (Å²) in [6.07, 6.45) is 3.63. The topological polar surface area (TPSA) is 148 Å². The second kappa shape index (κ2) is 20.2. The SMILES string of the molecule is Brc1ccc(Br)c2cc3c(cc12)Cc1ccccc1C3.CC1(C)OB(c2ccccc2[N+](=O)[O-])OC1(C)C.O=[N+]([O-])c1ccccc1-c1ccc(-c2ccccc2[N+](=O)[O-])c2cc3c(cc12)Cc1ccccc1C3. The number of hydrogen-bond acceptors (Lipinski definition) is 8. The van der Waals surface area contributed by atoms with Gasteiger partial charge in [0.25, 0.3) is 17.1 Å². The Morgan fingerprint density at radius 3 is 1.07 bits per heavy atom. The van der Waals surface area contributed by atoms with E-state index in [2.05, 4.69) is 105 Å². The summed E-state index contributed by atoms with van der Waals surface area (Å²) in [5.41, 5.74) is 12.8. The van der Waals surface area contributed by atoms with Gasteiger partial charge in [0.05, 0.1) is 42.6 Å². The zero-order valence-electron chi connectivity index (χ0n) is 40.9. The highest BCUT2D eigenvalue weighted by atomic mass is 79.9. The van der Waals surface area contributed by atoms with Crippen molar-refractivity contribution < 1.29 is 24.1 Å². The Balaban J connectivity index is 0.000000139. The van der Waals surface area contributed by atoms with E-state index in [4.69, 9.17) is 9.31 Å². The number of halogens is 2. The molecule has 9 aromatic carbocycles. The number of nitro benzene ring substituents is 3. The molecule has 0 aromatic heterocycles. The summed E-state index contributed by atoms with van der Waals surface area (Å²) in [6.45, 7) is 7.67. The number of benzene rings is 9. The zero-order chi connectivity index (χ0) is 52.1. The molecule has 1 saturated heterocycles. The summed E-state index contributed by atoms with van der Waals surface area (Å²) in [7, 11) is -0.698. The van der Waals surface area contributed by atoms with Crippen molar-refractivity contribution in [3.8, 4) is 22.3 Å². The van der Waals surface area contributed by atoms with Gasteiger partial charge < -0.3 is 9.31 Å². The van der Waals surface area contributed by atoms with E-state index < -0.39 is 23.2 Å². The van der Waals surface area contributed by atoms with Gasteiger partial charge in [-0.2, -0.15) is 0 Å². The van der Waals surface area contributed by atoms with Gasteiger partial charge in [0, 0.05) is 27.1 Å². The van der Waals surface area contributed by atoms with Gasteiger partial charge in [-0.3, -0.25) is 30.3 Å². The van der Waals surface area contributed by atoms with Gasteiger partial charge in [0.15, 0.2) is 0 Å². The average Bonchev–Trinajstić information content (AvgIpc) is 3.62. The summed E-state index contributed by atoms with van der Waals surface area (Å²) in [4.78, 5) is 33.5. The molecule has 368 valence electrons. The summed E-state index contributed by atoms with van der Waals surface area (Å²) in [5.74, 6) is 0. The first-order valence-electron chi connectivity index (χ1n) is 24.2. The smallest absolute Gasteiger partial charge is 0.399 e. The Kier molecular flexibility index (Phi) is 13.7. The molecule has 1 heterocycles. The van der Waals surface area contributed by atoms with Gasteiger partial charge in [-0.1, -0.05) is 135 Å². The molecule has 0 radical (unpaired) electrons. The van der Waals surface area contributed by atoms with E-state index in [1.165, 1.54) is 73.5 Å². The normalized spacial score (nSPS) is 14.5. The first-order chi connectivity index (χ1) is 35.5. The molecule has 0 unspecified atom stereocenters. The molecular weight excluding hydrogens is 1060 g/mol. The molecule has 1 fully saturated rings. The highest BCUT2D eigenvalue weighted by Crippen LogP contribution is 2.44. The van der Waals surface area contributed by atoms with E-state index in [0.29, 0.717) is 16.6 Å². The van der Waals surface area contributed by atoms with Crippen molar-refractivity contribution in [3.63, 3.8) is 0 Å². The molecule has 0 atom stereocenters. The van der Waals surface area contributed by atoms with E-state index in [1.807, 2.05) is 52.0 Å². The van der Waals surface area contributed by atoms with E-state index >= 15 is 0 Å². The molecule has 0 N–H and O–H groups in total. The molecule has 14 heteroatoms. The third-order valence-electron chi connectivity index (χ3n) is 14.7. The van der Waals surface area contributed by atoms with Gasteiger partial charge in [-0.05, 0) is 179 Å². The number of nitrogens with zero attached hydrogens (tertiary/aromatic N) is 3. The maximum Gasteiger partial charge on any atom is 0.501 e. The van der Waals surface area contributed by atoms with Crippen LogP contribution in [0.4, 0.5) is 17.1 Å². The van der Waals surface area contributed by atoms with Crippen LogP contribution in [0.3, 0.4) is 0 Å². The Hall–Kier alpha value is -7.36. The third-order valence-corrected chi connectivity index (χ3v) is 16.1. The Morgan fingerprint density at radius 1 is 0.392 bits per heavy atom. The largest absolute Gasteiger partial charge is 0.501 e. The van der Waals surface area contributed by atoms with Crippen molar-refractivity contribution in [2.45, 2.75) is 64.6 Å². The third kappa shape index (κ3) is 9.66. The molecule has 74 heavy (non-hydrogen) atoms. The molecule has 0 bridgehead atoms. The molecule has 3 aliphatic rings. The Morgan fingerprint density at radius 2 is 0.703 bits per heavy atom. The molecule has 0 spiro atoms. The molecule has 0 saturated carbocycles. The molecular formula is C60H48BBr2N3O8. The molecule has 11 nitrogen and oxygen atoms in total. The minimum atomic E-state index is -0.698. The number of fused-ring (bicyclic) bond motifs is 6. The van der Waals surface area contributed by atoms with Gasteiger partial charge in [0.2, 0.25) is 0 Å². The minimum absolute atomic E-state index is 0.0241. The van der Waals surface area contributed by atoms with E-state index in [1.54, 1.807) is 54.6 Å². The maximum absolute atomic E-state index is 11.8.